The second kappa shape index (κ2) is 32.7. The molecule has 0 aromatic rings. The number of aliphatic carboxylic acids is 1. The summed E-state index contributed by atoms with van der Waals surface area (Å²) in [4.78, 5) is 12.1. The number of carbonyl (C=O) groups is 1. The van der Waals surface area contributed by atoms with Crippen molar-refractivity contribution in [1.29, 1.82) is 0 Å². The Bertz CT molecular complexity index is 2990. The Labute approximate surface area is 654 Å². The maximum absolute atomic E-state index is 9.00. The zero-order valence-corrected chi connectivity index (χ0v) is 70.7. The second-order valence-corrected chi connectivity index (χ2v) is 40.4. The zero-order valence-electron chi connectivity index (χ0n) is 69.9. The van der Waals surface area contributed by atoms with Crippen LogP contribution in [0, 0.1) is 138 Å². The number of fused-ring (bicyclic) bond motifs is 20. The zero-order chi connectivity index (χ0) is 76.9. The molecule has 0 radical (unpaired) electrons. The molecule has 16 nitrogen and oxygen atoms in total. The van der Waals surface area contributed by atoms with E-state index in [9.17, 15) is 0 Å². The molecule has 608 valence electrons. The van der Waals surface area contributed by atoms with Crippen molar-refractivity contribution in [2.24, 2.45) is 160 Å². The first-order chi connectivity index (χ1) is 50.2. The first kappa shape index (κ1) is 85.5. The number of nitrogens with zero attached hydrogens (tertiary/aromatic N) is 3. The third-order valence-electron chi connectivity index (χ3n) is 37.1. The molecular formula is C90H151ClN6O10. The standard InChI is InChI=1S/C22H35N3O2.3C22H37NO2.C2H4O2.ClH/c1-13-6-7-15-18-16(9-11-21(13,15)2)22(3)10-8-14(24-25-23)12-17(22)19(26-4)20(18)27-5;3*1-13-6-7-15-18-16(9-11-21(13,15)2)22(3)10-8-14(23)12-17(22)19(24-4)20(18)25-5;1-2(3)4;/h14-20H,1,6-12H2,2-5H3;3*14-20H,1,6-12,23H2,2-5H3;1H3,(H,3,4);1H/t4*14-,15?,16?,17?,18?,19-,20?,21-,22-;;/m1111../s1. The molecule has 16 aliphatic carbocycles. The molecule has 36 atom stereocenters. The summed E-state index contributed by atoms with van der Waals surface area (Å²) in [5.74, 6) is 9.14. The summed E-state index contributed by atoms with van der Waals surface area (Å²) in [7, 11) is 15.0. The predicted octanol–water partition coefficient (Wildman–Crippen LogP) is 18.5. The van der Waals surface area contributed by atoms with Gasteiger partial charge in [0.15, 0.2) is 0 Å². The van der Waals surface area contributed by atoms with E-state index in [1.165, 1.54) is 157 Å². The Kier molecular flexibility index (Phi) is 26.1. The van der Waals surface area contributed by atoms with E-state index < -0.39 is 5.97 Å². The fourth-order valence-corrected chi connectivity index (χ4v) is 31.1. The molecule has 0 aromatic carbocycles. The highest BCUT2D eigenvalue weighted by Crippen LogP contribution is 2.73. The largest absolute Gasteiger partial charge is 0.481 e. The minimum Gasteiger partial charge on any atom is -0.481 e. The number of azide groups is 1. The van der Waals surface area contributed by atoms with E-state index in [1.807, 2.05) is 56.9 Å². The first-order valence-electron chi connectivity index (χ1n) is 42.7. The number of carboxylic acids is 1. The molecule has 0 aliphatic heterocycles. The number of allylic oxidation sites excluding steroid dienone is 4. The number of carboxylic acid groups (broad SMARTS) is 1. The Morgan fingerprint density at radius 1 is 0.364 bits per heavy atom. The van der Waals surface area contributed by atoms with Gasteiger partial charge in [0.1, 0.15) is 0 Å². The van der Waals surface area contributed by atoms with Crippen LogP contribution in [0.15, 0.2) is 53.7 Å². The molecule has 16 aliphatic rings. The van der Waals surface area contributed by atoms with Crippen LogP contribution in [0.1, 0.15) is 242 Å². The number of methoxy groups -OCH3 is 8. The summed E-state index contributed by atoms with van der Waals surface area (Å²) in [6.07, 6.45) is 35.2. The van der Waals surface area contributed by atoms with Crippen molar-refractivity contribution < 1.29 is 47.8 Å². The fourth-order valence-electron chi connectivity index (χ4n) is 31.1. The third-order valence-corrected chi connectivity index (χ3v) is 37.1. The van der Waals surface area contributed by atoms with E-state index >= 15 is 0 Å². The van der Waals surface area contributed by atoms with Gasteiger partial charge < -0.3 is 60.2 Å². The van der Waals surface area contributed by atoms with Gasteiger partial charge in [0.25, 0.3) is 5.97 Å². The maximum atomic E-state index is 9.00. The lowest BCUT2D eigenvalue weighted by Gasteiger charge is -2.64. The lowest BCUT2D eigenvalue weighted by Crippen LogP contribution is -2.65. The monoisotopic (exact) mass is 1510 g/mol. The van der Waals surface area contributed by atoms with Crippen LogP contribution < -0.4 is 17.2 Å². The molecular weight excluding hydrogens is 1360 g/mol. The van der Waals surface area contributed by atoms with Crippen LogP contribution in [0.4, 0.5) is 0 Å². The van der Waals surface area contributed by atoms with Gasteiger partial charge >= 0.3 is 0 Å². The minimum atomic E-state index is -0.833. The smallest absolute Gasteiger partial charge is 0.300 e. The highest BCUT2D eigenvalue weighted by Gasteiger charge is 2.70. The van der Waals surface area contributed by atoms with Gasteiger partial charge in [-0.15, -0.1) is 12.4 Å². The van der Waals surface area contributed by atoms with E-state index in [4.69, 9.17) is 70.5 Å². The molecule has 7 N–H and O–H groups in total. The Morgan fingerprint density at radius 2 is 0.579 bits per heavy atom. The maximum Gasteiger partial charge on any atom is 0.300 e. The Balaban J connectivity index is 0.000000139. The quantitative estimate of drug-likeness (QED) is 0.0728. The van der Waals surface area contributed by atoms with Crippen molar-refractivity contribution in [3.63, 3.8) is 0 Å². The van der Waals surface area contributed by atoms with E-state index in [1.54, 1.807) is 0 Å². The van der Waals surface area contributed by atoms with Crippen molar-refractivity contribution >= 4 is 18.4 Å². The molecule has 0 amide bonds. The number of hydrogen-bond donors (Lipinski definition) is 4. The van der Waals surface area contributed by atoms with Gasteiger partial charge in [-0.25, -0.2) is 0 Å². The van der Waals surface area contributed by atoms with Crippen LogP contribution in [0.3, 0.4) is 0 Å². The summed E-state index contributed by atoms with van der Waals surface area (Å²) in [5.41, 5.74) is 36.5. The molecule has 0 bridgehead atoms. The lowest BCUT2D eigenvalue weighted by atomic mass is 9.43. The van der Waals surface area contributed by atoms with Gasteiger partial charge in [0.05, 0.1) is 48.8 Å². The van der Waals surface area contributed by atoms with E-state index in [-0.39, 0.29) is 78.1 Å². The Hall–Kier alpha value is -2.41. The lowest BCUT2D eigenvalue weighted by molar-refractivity contribution is -0.225. The summed E-state index contributed by atoms with van der Waals surface area (Å²) < 4.78 is 49.3. The van der Waals surface area contributed by atoms with Crippen molar-refractivity contribution in [3.05, 3.63) is 59.1 Å². The van der Waals surface area contributed by atoms with Gasteiger partial charge in [-0.2, -0.15) is 0 Å². The van der Waals surface area contributed by atoms with Crippen LogP contribution >= 0.6 is 12.4 Å². The Morgan fingerprint density at radius 3 is 0.794 bits per heavy atom. The van der Waals surface area contributed by atoms with Crippen LogP contribution in [-0.4, -0.2) is 141 Å². The highest BCUT2D eigenvalue weighted by atomic mass is 35.5. The summed E-state index contributed by atoms with van der Waals surface area (Å²) in [5, 5.41) is 11.5. The highest BCUT2D eigenvalue weighted by molar-refractivity contribution is 5.85. The first-order valence-corrected chi connectivity index (χ1v) is 42.7. The average Bonchev–Trinajstić information content (AvgIpc) is 1.72. The van der Waals surface area contributed by atoms with Gasteiger partial charge in [0, 0.05) is 92.9 Å². The van der Waals surface area contributed by atoms with E-state index in [0.717, 1.165) is 69.6 Å². The van der Waals surface area contributed by atoms with Crippen LogP contribution in [0.5, 0.6) is 0 Å². The SMILES string of the molecule is C=C1CCC2C3C(OC)[C@H](OC)C4C[C@H](N)CC[C@]4(C)C3CC[C@]12C.C=C1CCC2C3C(OC)[C@H](OC)C4C[C@H](N)CC[C@]4(C)C3CC[C@]12C.C=C1CCC2C3C(OC)[C@H](OC)C4C[C@H](N)CC[C@]4(C)C3CC[C@]12C.C=C1CCC2C3C(OC)[C@H](OC)C4C[C@H](N=[N+]=[N-])CC[C@]4(C)C3CC[C@]12C.CC(=O)O.Cl. The van der Waals surface area contributed by atoms with Crippen LogP contribution in [0.2, 0.25) is 0 Å². The molecule has 107 heavy (non-hydrogen) atoms. The van der Waals surface area contributed by atoms with Crippen LogP contribution in [-0.2, 0) is 42.7 Å². The fraction of sp³-hybridized carbons (Fsp3) is 0.900. The molecule has 0 aromatic heterocycles. The number of halogens is 1. The molecule has 16 fully saturated rings. The van der Waals surface area contributed by atoms with E-state index in [0.29, 0.717) is 128 Å². The van der Waals surface area contributed by atoms with Crippen LogP contribution in [0.25, 0.3) is 10.4 Å². The van der Waals surface area contributed by atoms with Gasteiger partial charge in [-0.05, 0) is 323 Å². The predicted molar refractivity (Wildman–Crippen MR) is 430 cm³/mol. The molecule has 0 heterocycles. The molecule has 16 rings (SSSR count). The summed E-state index contributed by atoms with van der Waals surface area (Å²) >= 11 is 0. The number of rotatable bonds is 9. The summed E-state index contributed by atoms with van der Waals surface area (Å²) in [6, 6.07) is 1.07. The number of hydrogen-bond acceptors (Lipinski definition) is 13. The van der Waals surface area contributed by atoms with Crippen molar-refractivity contribution in [3.8, 4) is 0 Å². The normalized spacial score (nSPS) is 52.1. The van der Waals surface area contributed by atoms with Gasteiger partial charge in [-0.3, -0.25) is 4.79 Å². The number of ether oxygens (including phenoxy) is 8. The molecule has 20 unspecified atom stereocenters. The summed E-state index contributed by atoms with van der Waals surface area (Å²) in [6.45, 7) is 38.9. The average molecular weight is 1510 g/mol. The molecule has 16 saturated carbocycles. The van der Waals surface area contributed by atoms with Crippen molar-refractivity contribution in [1.82, 2.24) is 0 Å². The topological polar surface area (TPSA) is 238 Å². The van der Waals surface area contributed by atoms with Crippen molar-refractivity contribution in [2.75, 3.05) is 56.9 Å². The minimum absolute atomic E-state index is 0. The molecule has 17 heteroatoms. The van der Waals surface area contributed by atoms with Gasteiger partial charge in [0.2, 0.25) is 0 Å². The number of nitrogens with two attached hydrogens (primary N) is 3. The van der Waals surface area contributed by atoms with Crippen molar-refractivity contribution in [2.45, 2.75) is 315 Å². The van der Waals surface area contributed by atoms with Gasteiger partial charge in [-0.1, -0.05) is 109 Å². The third kappa shape index (κ3) is 14.0. The second-order valence-electron chi connectivity index (χ2n) is 40.4. The van der Waals surface area contributed by atoms with E-state index in [2.05, 4.69) is 91.7 Å². The molecule has 0 saturated heterocycles. The molecule has 0 spiro atoms.